The van der Waals surface area contributed by atoms with E-state index in [1.807, 2.05) is 12.1 Å². The van der Waals surface area contributed by atoms with Gasteiger partial charge in [-0.3, -0.25) is 9.69 Å². The molecular weight excluding hydrogens is 374 g/mol. The number of hydrogen-bond acceptors (Lipinski definition) is 7. The molecule has 0 aliphatic carbocycles. The van der Waals surface area contributed by atoms with Crippen LogP contribution in [0.25, 0.3) is 0 Å². The Morgan fingerprint density at radius 3 is 2.62 bits per heavy atom. The van der Waals surface area contributed by atoms with Crippen LogP contribution in [0.5, 0.6) is 28.7 Å². The third-order valence-corrected chi connectivity index (χ3v) is 5.75. The molecule has 0 saturated carbocycles. The van der Waals surface area contributed by atoms with Crippen LogP contribution in [-0.2, 0) is 12.8 Å². The Kier molecular flexibility index (Phi) is 5.24. The van der Waals surface area contributed by atoms with Gasteiger partial charge in [-0.2, -0.15) is 0 Å². The van der Waals surface area contributed by atoms with E-state index in [2.05, 4.69) is 18.0 Å². The van der Waals surface area contributed by atoms with E-state index in [1.54, 1.807) is 21.3 Å². The number of hydrogen-bond donors (Lipinski definition) is 0. The van der Waals surface area contributed by atoms with E-state index in [-0.39, 0.29) is 12.8 Å². The zero-order chi connectivity index (χ0) is 20.5. The number of benzene rings is 2. The van der Waals surface area contributed by atoms with Crippen molar-refractivity contribution in [3.63, 3.8) is 0 Å². The van der Waals surface area contributed by atoms with Crippen LogP contribution >= 0.6 is 0 Å². The van der Waals surface area contributed by atoms with Gasteiger partial charge in [0.2, 0.25) is 12.5 Å². The smallest absolute Gasteiger partial charge is 0.231 e. The Balaban J connectivity index is 1.81. The van der Waals surface area contributed by atoms with Crippen molar-refractivity contribution in [3.8, 4) is 28.7 Å². The zero-order valence-electron chi connectivity index (χ0n) is 17.1. The first kappa shape index (κ1) is 19.4. The van der Waals surface area contributed by atoms with Crippen LogP contribution in [0.4, 0.5) is 0 Å². The summed E-state index contributed by atoms with van der Waals surface area (Å²) < 4.78 is 27.8. The number of carbonyl (C=O) groups is 1. The molecule has 154 valence electrons. The number of nitrogens with zero attached hydrogens (tertiary/aromatic N) is 1. The molecule has 2 heterocycles. The Hall–Kier alpha value is -2.93. The zero-order valence-corrected chi connectivity index (χ0v) is 17.1. The highest BCUT2D eigenvalue weighted by atomic mass is 16.7. The van der Waals surface area contributed by atoms with Crippen LogP contribution in [0, 0.1) is 0 Å². The van der Waals surface area contributed by atoms with E-state index in [0.717, 1.165) is 36.1 Å². The molecule has 1 atom stereocenters. The molecular formula is C22H25NO6. The largest absolute Gasteiger partial charge is 0.493 e. The summed E-state index contributed by atoms with van der Waals surface area (Å²) in [5.74, 6) is 3.07. The monoisotopic (exact) mass is 399 g/mol. The van der Waals surface area contributed by atoms with Gasteiger partial charge in [0.15, 0.2) is 29.3 Å². The fourth-order valence-electron chi connectivity index (χ4n) is 4.29. The Morgan fingerprint density at radius 1 is 1.14 bits per heavy atom. The molecule has 0 spiro atoms. The minimum Gasteiger partial charge on any atom is -0.493 e. The van der Waals surface area contributed by atoms with Gasteiger partial charge < -0.3 is 23.7 Å². The van der Waals surface area contributed by atoms with Gasteiger partial charge in [0, 0.05) is 18.2 Å². The lowest BCUT2D eigenvalue weighted by Gasteiger charge is -2.36. The highest BCUT2D eigenvalue weighted by molar-refractivity contribution is 5.83. The third kappa shape index (κ3) is 3.15. The summed E-state index contributed by atoms with van der Waals surface area (Å²) in [7, 11) is 6.83. The first-order valence-corrected chi connectivity index (χ1v) is 9.51. The molecule has 0 N–H and O–H groups in total. The predicted molar refractivity (Wildman–Crippen MR) is 107 cm³/mol. The summed E-state index contributed by atoms with van der Waals surface area (Å²) in [5, 5.41) is 0. The van der Waals surface area contributed by atoms with Crippen molar-refractivity contribution in [3.05, 3.63) is 40.5 Å². The molecule has 0 bridgehead atoms. The fraction of sp³-hybridized carbons (Fsp3) is 0.409. The van der Waals surface area contributed by atoms with Gasteiger partial charge in [-0.05, 0) is 43.1 Å². The lowest BCUT2D eigenvalue weighted by atomic mass is 9.86. The van der Waals surface area contributed by atoms with Gasteiger partial charge in [0.25, 0.3) is 0 Å². The molecule has 0 saturated heterocycles. The topological polar surface area (TPSA) is 66.5 Å². The first-order valence-electron chi connectivity index (χ1n) is 9.51. The Morgan fingerprint density at radius 2 is 1.93 bits per heavy atom. The molecule has 0 amide bonds. The van der Waals surface area contributed by atoms with Gasteiger partial charge >= 0.3 is 0 Å². The molecule has 29 heavy (non-hydrogen) atoms. The molecule has 0 unspecified atom stereocenters. The number of ether oxygens (including phenoxy) is 5. The van der Waals surface area contributed by atoms with E-state index in [4.69, 9.17) is 23.7 Å². The summed E-state index contributed by atoms with van der Waals surface area (Å²) in [5.41, 5.74) is 3.66. The minimum atomic E-state index is 0.0139. The summed E-state index contributed by atoms with van der Waals surface area (Å²) in [6.45, 7) is 1.09. The molecule has 2 aromatic carbocycles. The van der Waals surface area contributed by atoms with E-state index in [9.17, 15) is 4.79 Å². The van der Waals surface area contributed by atoms with Crippen molar-refractivity contribution < 1.29 is 28.5 Å². The van der Waals surface area contributed by atoms with Crippen molar-refractivity contribution in [2.24, 2.45) is 0 Å². The number of likely N-dealkylation sites (N-methyl/N-ethyl adjacent to an activating group) is 1. The van der Waals surface area contributed by atoms with Crippen molar-refractivity contribution in [1.82, 2.24) is 4.90 Å². The van der Waals surface area contributed by atoms with Crippen LogP contribution in [-0.4, -0.2) is 52.9 Å². The number of fused-ring (bicyclic) bond motifs is 2. The molecule has 0 fully saturated rings. The molecule has 2 aliphatic heterocycles. The Labute approximate surface area is 170 Å². The summed E-state index contributed by atoms with van der Waals surface area (Å²) in [6, 6.07) is 5.82. The van der Waals surface area contributed by atoms with Crippen LogP contribution in [0.2, 0.25) is 0 Å². The molecule has 2 aromatic rings. The number of methoxy groups -OCH3 is 3. The van der Waals surface area contributed by atoms with Crippen molar-refractivity contribution in [2.45, 2.75) is 18.9 Å². The molecule has 7 heteroatoms. The average Bonchev–Trinajstić information content (AvgIpc) is 3.21. The van der Waals surface area contributed by atoms with Gasteiger partial charge in [-0.15, -0.1) is 0 Å². The minimum absolute atomic E-state index is 0.0139. The quantitative estimate of drug-likeness (QED) is 0.692. The predicted octanol–water partition coefficient (Wildman–Crippen LogP) is 3.03. The van der Waals surface area contributed by atoms with E-state index < -0.39 is 0 Å². The normalized spacial score (nSPS) is 17.6. The average molecular weight is 399 g/mol. The highest BCUT2D eigenvalue weighted by Gasteiger charge is 2.34. The number of rotatable bonds is 6. The van der Waals surface area contributed by atoms with E-state index >= 15 is 0 Å². The number of aldehydes is 1. The van der Waals surface area contributed by atoms with Crippen LogP contribution < -0.4 is 23.7 Å². The summed E-state index contributed by atoms with van der Waals surface area (Å²) in [4.78, 5) is 14.2. The summed E-state index contributed by atoms with van der Waals surface area (Å²) in [6.07, 6.45) is 2.34. The maximum Gasteiger partial charge on any atom is 0.231 e. The SMILES string of the molecule is COc1ccc(C[C@H]2c3c(cc4c(c3OC)OCO4)CCN2C)c(C=O)c1OC. The van der Waals surface area contributed by atoms with Crippen LogP contribution in [0.1, 0.15) is 33.1 Å². The second kappa shape index (κ2) is 7.83. The Bertz CT molecular complexity index is 942. The molecule has 0 radical (unpaired) electrons. The van der Waals surface area contributed by atoms with Gasteiger partial charge in [-0.25, -0.2) is 0 Å². The van der Waals surface area contributed by atoms with Gasteiger partial charge in [0.05, 0.1) is 26.9 Å². The standard InChI is InChI=1S/C22H25NO6/c1-23-8-7-14-10-18-21(29-12-28-18)22(27-4)19(14)16(23)9-13-5-6-17(25-2)20(26-3)15(13)11-24/h5-6,10-11,16H,7-9,12H2,1-4H3/t16-/m0/s1. The van der Waals surface area contributed by atoms with Crippen LogP contribution in [0.3, 0.4) is 0 Å². The second-order valence-corrected chi connectivity index (χ2v) is 7.16. The lowest BCUT2D eigenvalue weighted by molar-refractivity contribution is 0.111. The third-order valence-electron chi connectivity index (χ3n) is 5.75. The van der Waals surface area contributed by atoms with Crippen molar-refractivity contribution in [2.75, 3.05) is 41.7 Å². The first-order chi connectivity index (χ1) is 14.1. The highest BCUT2D eigenvalue weighted by Crippen LogP contribution is 2.50. The molecule has 4 rings (SSSR count). The van der Waals surface area contributed by atoms with Crippen LogP contribution in [0.15, 0.2) is 18.2 Å². The van der Waals surface area contributed by atoms with Crippen molar-refractivity contribution in [1.29, 1.82) is 0 Å². The van der Waals surface area contributed by atoms with E-state index in [0.29, 0.717) is 35.0 Å². The van der Waals surface area contributed by atoms with E-state index in [1.165, 1.54) is 5.56 Å². The molecule has 0 aromatic heterocycles. The fourth-order valence-corrected chi connectivity index (χ4v) is 4.29. The van der Waals surface area contributed by atoms with Crippen molar-refractivity contribution >= 4 is 6.29 Å². The van der Waals surface area contributed by atoms with Gasteiger partial charge in [0.1, 0.15) is 0 Å². The number of carbonyl (C=O) groups excluding carboxylic acids is 1. The second-order valence-electron chi connectivity index (χ2n) is 7.16. The lowest BCUT2D eigenvalue weighted by Crippen LogP contribution is -2.34. The summed E-state index contributed by atoms with van der Waals surface area (Å²) >= 11 is 0. The molecule has 2 aliphatic rings. The maximum atomic E-state index is 11.9. The van der Waals surface area contributed by atoms with Gasteiger partial charge in [-0.1, -0.05) is 6.07 Å². The maximum absolute atomic E-state index is 11.9. The molecule has 7 nitrogen and oxygen atoms in total.